The number of sulfone groups is 1. The highest BCUT2D eigenvalue weighted by Gasteiger charge is 2.29. The number of hydrogen-bond acceptors (Lipinski definition) is 4. The normalized spacial score (nSPS) is 24.7. The van der Waals surface area contributed by atoms with Crippen molar-refractivity contribution in [1.29, 1.82) is 0 Å². The van der Waals surface area contributed by atoms with Crippen LogP contribution in [0.5, 0.6) is 5.75 Å². The van der Waals surface area contributed by atoms with Crippen molar-refractivity contribution in [1.82, 2.24) is 4.98 Å². The minimum Gasteiger partial charge on any atom is -0.488 e. The smallest absolute Gasteiger partial charge is 0.154 e. The van der Waals surface area contributed by atoms with Crippen molar-refractivity contribution in [2.75, 3.05) is 11.5 Å². The molecule has 0 saturated carbocycles. The second kappa shape index (κ2) is 3.57. The van der Waals surface area contributed by atoms with E-state index in [0.717, 1.165) is 0 Å². The first kappa shape index (κ1) is 9.45. The van der Waals surface area contributed by atoms with Gasteiger partial charge < -0.3 is 4.74 Å². The predicted octanol–water partition coefficient (Wildman–Crippen LogP) is 0.648. The lowest BCUT2D eigenvalue weighted by atomic mass is 10.3. The minimum atomic E-state index is -2.86. The van der Waals surface area contributed by atoms with E-state index < -0.39 is 9.84 Å². The summed E-state index contributed by atoms with van der Waals surface area (Å²) in [4.78, 5) is 3.89. The molecule has 5 heteroatoms. The summed E-state index contributed by atoms with van der Waals surface area (Å²) in [6.45, 7) is 0. The van der Waals surface area contributed by atoms with Crippen molar-refractivity contribution < 1.29 is 13.2 Å². The maximum absolute atomic E-state index is 11.1. The lowest BCUT2D eigenvalue weighted by Crippen LogP contribution is -2.17. The van der Waals surface area contributed by atoms with Gasteiger partial charge >= 0.3 is 0 Å². The van der Waals surface area contributed by atoms with Crippen LogP contribution in [0, 0.1) is 0 Å². The van der Waals surface area contributed by atoms with Crippen molar-refractivity contribution in [3.63, 3.8) is 0 Å². The van der Waals surface area contributed by atoms with E-state index in [1.165, 1.54) is 0 Å². The van der Waals surface area contributed by atoms with Crippen molar-refractivity contribution in [3.8, 4) is 5.75 Å². The Morgan fingerprint density at radius 2 is 2.36 bits per heavy atom. The standard InChI is InChI=1S/C9H11NO3S/c11-14(12)5-3-9(7-14)13-8-2-1-4-10-6-8/h1-2,4,6,9H,3,5,7H2. The van der Waals surface area contributed by atoms with E-state index in [2.05, 4.69) is 4.98 Å². The average molecular weight is 213 g/mol. The zero-order valence-electron chi connectivity index (χ0n) is 7.59. The lowest BCUT2D eigenvalue weighted by Gasteiger charge is -2.10. The molecule has 0 N–H and O–H groups in total. The zero-order valence-corrected chi connectivity index (χ0v) is 8.40. The Labute approximate surface area is 82.8 Å². The Morgan fingerprint density at radius 1 is 1.50 bits per heavy atom. The van der Waals surface area contributed by atoms with E-state index in [1.807, 2.05) is 0 Å². The van der Waals surface area contributed by atoms with Crippen LogP contribution in [0.3, 0.4) is 0 Å². The molecule has 1 aliphatic heterocycles. The van der Waals surface area contributed by atoms with Crippen LogP contribution < -0.4 is 4.74 Å². The van der Waals surface area contributed by atoms with Crippen LogP contribution in [0.25, 0.3) is 0 Å². The molecule has 76 valence electrons. The molecule has 0 bridgehead atoms. The van der Waals surface area contributed by atoms with Gasteiger partial charge in [0.25, 0.3) is 0 Å². The fourth-order valence-corrected chi connectivity index (χ4v) is 3.05. The van der Waals surface area contributed by atoms with Crippen LogP contribution in [-0.2, 0) is 9.84 Å². The van der Waals surface area contributed by atoms with E-state index in [9.17, 15) is 8.42 Å². The Morgan fingerprint density at radius 3 is 2.93 bits per heavy atom. The van der Waals surface area contributed by atoms with Gasteiger partial charge in [0.05, 0.1) is 17.7 Å². The quantitative estimate of drug-likeness (QED) is 0.723. The second-order valence-electron chi connectivity index (χ2n) is 3.33. The average Bonchev–Trinajstić information content (AvgIpc) is 2.47. The highest BCUT2D eigenvalue weighted by Crippen LogP contribution is 2.18. The molecule has 4 nitrogen and oxygen atoms in total. The van der Waals surface area contributed by atoms with Crippen LogP contribution in [-0.4, -0.2) is 31.0 Å². The number of hydrogen-bond donors (Lipinski definition) is 0. The van der Waals surface area contributed by atoms with Gasteiger partial charge in [0.15, 0.2) is 9.84 Å². The molecule has 1 saturated heterocycles. The summed E-state index contributed by atoms with van der Waals surface area (Å²) >= 11 is 0. The summed E-state index contributed by atoms with van der Waals surface area (Å²) in [6, 6.07) is 3.54. The molecule has 1 atom stereocenters. The fourth-order valence-electron chi connectivity index (χ4n) is 1.46. The Hall–Kier alpha value is -1.10. The van der Waals surface area contributed by atoms with Gasteiger partial charge in [0, 0.05) is 6.20 Å². The summed E-state index contributed by atoms with van der Waals surface area (Å²) in [5.41, 5.74) is 0. The SMILES string of the molecule is O=S1(=O)CCC(Oc2cccnc2)C1. The number of rotatable bonds is 2. The molecule has 0 aromatic carbocycles. The molecule has 0 radical (unpaired) electrons. The van der Waals surface area contributed by atoms with Crippen molar-refractivity contribution in [3.05, 3.63) is 24.5 Å². The number of aromatic nitrogens is 1. The summed E-state index contributed by atoms with van der Waals surface area (Å²) in [7, 11) is -2.86. The molecule has 1 aromatic rings. The molecule has 1 aliphatic rings. The summed E-state index contributed by atoms with van der Waals surface area (Å²) in [6.07, 6.45) is 3.62. The first-order valence-corrected chi connectivity index (χ1v) is 6.25. The maximum Gasteiger partial charge on any atom is 0.154 e. The highest BCUT2D eigenvalue weighted by molar-refractivity contribution is 7.91. The molecule has 14 heavy (non-hydrogen) atoms. The van der Waals surface area contributed by atoms with Crippen LogP contribution in [0.1, 0.15) is 6.42 Å². The summed E-state index contributed by atoms with van der Waals surface area (Å²) < 4.78 is 27.7. The number of nitrogens with zero attached hydrogens (tertiary/aromatic N) is 1. The third-order valence-electron chi connectivity index (χ3n) is 2.13. The van der Waals surface area contributed by atoms with Gasteiger partial charge in [-0.25, -0.2) is 8.42 Å². The molecule has 1 fully saturated rings. The Bertz CT molecular complexity index is 401. The molecule has 0 spiro atoms. The number of ether oxygens (including phenoxy) is 1. The molecular weight excluding hydrogens is 202 g/mol. The molecule has 2 rings (SSSR count). The highest BCUT2D eigenvalue weighted by atomic mass is 32.2. The fraction of sp³-hybridized carbons (Fsp3) is 0.444. The van der Waals surface area contributed by atoms with Gasteiger partial charge in [-0.3, -0.25) is 4.98 Å². The van der Waals surface area contributed by atoms with Crippen molar-refractivity contribution in [2.45, 2.75) is 12.5 Å². The minimum absolute atomic E-state index is 0.127. The van der Waals surface area contributed by atoms with E-state index in [0.29, 0.717) is 12.2 Å². The predicted molar refractivity (Wildman–Crippen MR) is 51.9 cm³/mol. The Kier molecular flexibility index (Phi) is 2.41. The second-order valence-corrected chi connectivity index (χ2v) is 5.56. The monoisotopic (exact) mass is 213 g/mol. The molecular formula is C9H11NO3S. The first-order valence-electron chi connectivity index (χ1n) is 4.43. The molecule has 1 unspecified atom stereocenters. The van der Waals surface area contributed by atoms with E-state index >= 15 is 0 Å². The van der Waals surface area contributed by atoms with Crippen molar-refractivity contribution in [2.24, 2.45) is 0 Å². The summed E-state index contributed by atoms with van der Waals surface area (Å²) in [5.74, 6) is 0.995. The topological polar surface area (TPSA) is 56.3 Å². The van der Waals surface area contributed by atoms with Crippen molar-refractivity contribution >= 4 is 9.84 Å². The van der Waals surface area contributed by atoms with Gasteiger partial charge in [0.1, 0.15) is 11.9 Å². The van der Waals surface area contributed by atoms with Gasteiger partial charge in [-0.15, -0.1) is 0 Å². The molecule has 0 aliphatic carbocycles. The first-order chi connectivity index (χ1) is 6.66. The third kappa shape index (κ3) is 2.23. The third-order valence-corrected chi connectivity index (χ3v) is 3.87. The molecule has 2 heterocycles. The van der Waals surface area contributed by atoms with Crippen LogP contribution >= 0.6 is 0 Å². The van der Waals surface area contributed by atoms with E-state index in [1.54, 1.807) is 24.5 Å². The van der Waals surface area contributed by atoms with Crippen LogP contribution in [0.4, 0.5) is 0 Å². The van der Waals surface area contributed by atoms with Crippen LogP contribution in [0.15, 0.2) is 24.5 Å². The van der Waals surface area contributed by atoms with E-state index in [-0.39, 0.29) is 17.6 Å². The van der Waals surface area contributed by atoms with E-state index in [4.69, 9.17) is 4.74 Å². The molecule has 0 amide bonds. The zero-order chi connectivity index (χ0) is 10.0. The van der Waals surface area contributed by atoms with Gasteiger partial charge in [-0.2, -0.15) is 0 Å². The maximum atomic E-state index is 11.1. The molecule has 1 aromatic heterocycles. The largest absolute Gasteiger partial charge is 0.488 e. The van der Waals surface area contributed by atoms with Gasteiger partial charge in [-0.1, -0.05) is 0 Å². The van der Waals surface area contributed by atoms with Gasteiger partial charge in [0.2, 0.25) is 0 Å². The number of pyridine rings is 1. The summed E-state index contributed by atoms with van der Waals surface area (Å²) in [5, 5.41) is 0. The van der Waals surface area contributed by atoms with Crippen LogP contribution in [0.2, 0.25) is 0 Å². The lowest BCUT2D eigenvalue weighted by molar-refractivity contribution is 0.228. The Balaban J connectivity index is 2.01. The van der Waals surface area contributed by atoms with Gasteiger partial charge in [-0.05, 0) is 18.6 Å².